The Morgan fingerprint density at radius 1 is 1.50 bits per heavy atom. The van der Waals surface area contributed by atoms with Crippen molar-refractivity contribution in [3.63, 3.8) is 0 Å². The first-order valence-corrected chi connectivity index (χ1v) is 6.32. The summed E-state index contributed by atoms with van der Waals surface area (Å²) in [5.41, 5.74) is 0.323. The summed E-state index contributed by atoms with van der Waals surface area (Å²) >= 11 is 0. The van der Waals surface area contributed by atoms with Gasteiger partial charge in [0.1, 0.15) is 0 Å². The standard InChI is InChI=1S/C12H22N4O2/c1-9(2)4-5-16-7-11(14-15-16)12(18)13-6-10(3)8-17/h7,9-10,17H,4-6,8H2,1-3H3,(H,13,18). The Morgan fingerprint density at radius 2 is 2.22 bits per heavy atom. The monoisotopic (exact) mass is 254 g/mol. The summed E-state index contributed by atoms with van der Waals surface area (Å²) in [6.45, 7) is 7.40. The normalized spacial score (nSPS) is 12.7. The van der Waals surface area contributed by atoms with E-state index in [1.165, 1.54) is 0 Å². The number of amides is 1. The fraction of sp³-hybridized carbons (Fsp3) is 0.750. The van der Waals surface area contributed by atoms with Crippen LogP contribution < -0.4 is 5.32 Å². The maximum Gasteiger partial charge on any atom is 0.273 e. The molecule has 6 heteroatoms. The highest BCUT2D eigenvalue weighted by molar-refractivity contribution is 5.91. The van der Waals surface area contributed by atoms with E-state index in [1.54, 1.807) is 10.9 Å². The molecule has 1 amide bonds. The molecule has 1 heterocycles. The van der Waals surface area contributed by atoms with Crippen LogP contribution in [0.25, 0.3) is 0 Å². The largest absolute Gasteiger partial charge is 0.396 e. The van der Waals surface area contributed by atoms with Crippen LogP contribution in [0.2, 0.25) is 0 Å². The fourth-order valence-electron chi connectivity index (χ4n) is 1.32. The van der Waals surface area contributed by atoms with Crippen molar-refractivity contribution < 1.29 is 9.90 Å². The van der Waals surface area contributed by atoms with E-state index in [1.807, 2.05) is 6.92 Å². The number of aromatic nitrogens is 3. The summed E-state index contributed by atoms with van der Waals surface area (Å²) in [5, 5.41) is 19.3. The first-order chi connectivity index (χ1) is 8.52. The molecule has 0 radical (unpaired) electrons. The number of nitrogens with zero attached hydrogens (tertiary/aromatic N) is 3. The van der Waals surface area contributed by atoms with Crippen LogP contribution in [-0.2, 0) is 6.54 Å². The molecular weight excluding hydrogens is 232 g/mol. The fourth-order valence-corrected chi connectivity index (χ4v) is 1.32. The minimum absolute atomic E-state index is 0.0462. The van der Waals surface area contributed by atoms with Gasteiger partial charge in [0.25, 0.3) is 5.91 Å². The van der Waals surface area contributed by atoms with E-state index in [2.05, 4.69) is 29.5 Å². The second kappa shape index (κ2) is 7.10. The Kier molecular flexibility index (Phi) is 5.77. The Morgan fingerprint density at radius 3 is 2.83 bits per heavy atom. The molecule has 1 unspecified atom stereocenters. The number of rotatable bonds is 7. The maximum absolute atomic E-state index is 11.7. The molecule has 0 bridgehead atoms. The number of carbonyl (C=O) groups excluding carboxylic acids is 1. The molecular formula is C12H22N4O2. The lowest BCUT2D eigenvalue weighted by atomic mass is 10.1. The lowest BCUT2D eigenvalue weighted by Gasteiger charge is -2.07. The van der Waals surface area contributed by atoms with Gasteiger partial charge in [0.2, 0.25) is 0 Å². The van der Waals surface area contributed by atoms with E-state index in [0.29, 0.717) is 18.2 Å². The molecule has 1 atom stereocenters. The summed E-state index contributed by atoms with van der Waals surface area (Å²) in [4.78, 5) is 11.7. The average molecular weight is 254 g/mol. The Labute approximate surface area is 107 Å². The Hall–Kier alpha value is -1.43. The highest BCUT2D eigenvalue weighted by Gasteiger charge is 2.11. The zero-order valence-electron chi connectivity index (χ0n) is 11.3. The third-order valence-electron chi connectivity index (χ3n) is 2.63. The molecule has 2 N–H and O–H groups in total. The molecule has 18 heavy (non-hydrogen) atoms. The van der Waals surface area contributed by atoms with E-state index >= 15 is 0 Å². The van der Waals surface area contributed by atoms with Crippen molar-refractivity contribution in [2.24, 2.45) is 11.8 Å². The van der Waals surface area contributed by atoms with Crippen molar-refractivity contribution in [1.82, 2.24) is 20.3 Å². The van der Waals surface area contributed by atoms with Crippen LogP contribution in [0.4, 0.5) is 0 Å². The van der Waals surface area contributed by atoms with Crippen LogP contribution in [0.1, 0.15) is 37.7 Å². The van der Waals surface area contributed by atoms with Crippen molar-refractivity contribution >= 4 is 5.91 Å². The van der Waals surface area contributed by atoms with Gasteiger partial charge in [-0.25, -0.2) is 0 Å². The van der Waals surface area contributed by atoms with Gasteiger partial charge in [0, 0.05) is 19.7 Å². The maximum atomic E-state index is 11.7. The molecule has 0 saturated heterocycles. The highest BCUT2D eigenvalue weighted by Crippen LogP contribution is 2.02. The lowest BCUT2D eigenvalue weighted by molar-refractivity contribution is 0.0937. The molecule has 0 aliphatic heterocycles. The molecule has 1 rings (SSSR count). The van der Waals surface area contributed by atoms with E-state index in [-0.39, 0.29) is 18.4 Å². The van der Waals surface area contributed by atoms with Gasteiger partial charge in [0.15, 0.2) is 5.69 Å². The first kappa shape index (κ1) is 14.6. The van der Waals surface area contributed by atoms with Crippen LogP contribution >= 0.6 is 0 Å². The summed E-state index contributed by atoms with van der Waals surface area (Å²) in [5.74, 6) is 0.396. The molecule has 0 aliphatic rings. The van der Waals surface area contributed by atoms with E-state index in [0.717, 1.165) is 13.0 Å². The average Bonchev–Trinajstić information content (AvgIpc) is 2.81. The van der Waals surface area contributed by atoms with Crippen molar-refractivity contribution in [2.75, 3.05) is 13.2 Å². The van der Waals surface area contributed by atoms with Crippen LogP contribution in [0.3, 0.4) is 0 Å². The van der Waals surface area contributed by atoms with Crippen LogP contribution in [0.15, 0.2) is 6.20 Å². The third kappa shape index (κ3) is 4.83. The number of aliphatic hydroxyl groups is 1. The molecule has 6 nitrogen and oxygen atoms in total. The third-order valence-corrected chi connectivity index (χ3v) is 2.63. The smallest absolute Gasteiger partial charge is 0.273 e. The second-order valence-electron chi connectivity index (χ2n) is 5.05. The molecule has 1 aromatic rings. The number of nitrogens with one attached hydrogen (secondary N) is 1. The lowest BCUT2D eigenvalue weighted by Crippen LogP contribution is -2.29. The van der Waals surface area contributed by atoms with E-state index < -0.39 is 0 Å². The molecule has 0 aromatic carbocycles. The van der Waals surface area contributed by atoms with Gasteiger partial charge in [-0.1, -0.05) is 26.0 Å². The van der Waals surface area contributed by atoms with Gasteiger partial charge < -0.3 is 10.4 Å². The van der Waals surface area contributed by atoms with Crippen molar-refractivity contribution in [3.8, 4) is 0 Å². The van der Waals surface area contributed by atoms with Crippen molar-refractivity contribution in [2.45, 2.75) is 33.7 Å². The Balaban J connectivity index is 2.44. The van der Waals surface area contributed by atoms with Crippen molar-refractivity contribution in [1.29, 1.82) is 0 Å². The van der Waals surface area contributed by atoms with Crippen molar-refractivity contribution in [3.05, 3.63) is 11.9 Å². The summed E-state index contributed by atoms with van der Waals surface area (Å²) in [6.07, 6.45) is 2.66. The first-order valence-electron chi connectivity index (χ1n) is 6.32. The minimum atomic E-state index is -0.244. The van der Waals surface area contributed by atoms with Crippen LogP contribution in [0.5, 0.6) is 0 Å². The topological polar surface area (TPSA) is 80.0 Å². The predicted octanol–water partition coefficient (Wildman–Crippen LogP) is 0.682. The number of carbonyl (C=O) groups is 1. The predicted molar refractivity (Wildman–Crippen MR) is 68.1 cm³/mol. The second-order valence-corrected chi connectivity index (χ2v) is 5.05. The number of hydrogen-bond donors (Lipinski definition) is 2. The van der Waals surface area contributed by atoms with Gasteiger partial charge in [-0.2, -0.15) is 0 Å². The van der Waals surface area contributed by atoms with Crippen LogP contribution in [-0.4, -0.2) is 39.2 Å². The highest BCUT2D eigenvalue weighted by atomic mass is 16.3. The minimum Gasteiger partial charge on any atom is -0.396 e. The Bertz CT molecular complexity index is 376. The quantitative estimate of drug-likeness (QED) is 0.750. The number of hydrogen-bond acceptors (Lipinski definition) is 4. The SMILES string of the molecule is CC(C)CCn1cc(C(=O)NCC(C)CO)nn1. The van der Waals surface area contributed by atoms with E-state index in [4.69, 9.17) is 5.11 Å². The van der Waals surface area contributed by atoms with E-state index in [9.17, 15) is 4.79 Å². The van der Waals surface area contributed by atoms with Gasteiger partial charge in [0.05, 0.1) is 6.20 Å². The summed E-state index contributed by atoms with van der Waals surface area (Å²) in [7, 11) is 0. The van der Waals surface area contributed by atoms with Gasteiger partial charge in [-0.15, -0.1) is 5.10 Å². The summed E-state index contributed by atoms with van der Waals surface area (Å²) in [6, 6.07) is 0. The van der Waals surface area contributed by atoms with Gasteiger partial charge >= 0.3 is 0 Å². The molecule has 0 fully saturated rings. The van der Waals surface area contributed by atoms with Gasteiger partial charge in [-0.3, -0.25) is 9.48 Å². The number of aliphatic hydroxyl groups excluding tert-OH is 1. The van der Waals surface area contributed by atoms with Gasteiger partial charge in [-0.05, 0) is 18.3 Å². The molecule has 0 aliphatic carbocycles. The molecule has 0 saturated carbocycles. The molecule has 0 spiro atoms. The summed E-state index contributed by atoms with van der Waals surface area (Å²) < 4.78 is 1.68. The van der Waals surface area contributed by atoms with Crippen LogP contribution in [0, 0.1) is 11.8 Å². The zero-order valence-corrected chi connectivity index (χ0v) is 11.3. The molecule has 102 valence electrons. The molecule has 1 aromatic heterocycles. The zero-order chi connectivity index (χ0) is 13.5. The number of aryl methyl sites for hydroxylation is 1.